The van der Waals surface area contributed by atoms with Crippen LogP contribution in [-0.4, -0.2) is 24.9 Å². The van der Waals surface area contributed by atoms with Gasteiger partial charge in [0.05, 0.1) is 16.4 Å². The van der Waals surface area contributed by atoms with Gasteiger partial charge in [-0.25, -0.2) is 0 Å². The van der Waals surface area contributed by atoms with Gasteiger partial charge in [-0.3, -0.25) is 9.59 Å². The molecule has 30 heavy (non-hydrogen) atoms. The van der Waals surface area contributed by atoms with E-state index >= 15 is 0 Å². The van der Waals surface area contributed by atoms with Crippen LogP contribution < -0.4 is 16.0 Å². The summed E-state index contributed by atoms with van der Waals surface area (Å²) in [5.74, 6) is 0.0604. The van der Waals surface area contributed by atoms with Crippen LogP contribution in [0, 0.1) is 5.92 Å². The third kappa shape index (κ3) is 4.19. The van der Waals surface area contributed by atoms with Crippen molar-refractivity contribution in [1.82, 2.24) is 0 Å². The highest BCUT2D eigenvalue weighted by molar-refractivity contribution is 6.33. The van der Waals surface area contributed by atoms with Crippen molar-refractivity contribution in [3.05, 3.63) is 71.4 Å². The first-order valence-electron chi connectivity index (χ1n) is 9.82. The summed E-state index contributed by atoms with van der Waals surface area (Å²) in [7, 11) is 0. The Morgan fingerprint density at radius 2 is 1.70 bits per heavy atom. The summed E-state index contributed by atoms with van der Waals surface area (Å²) in [5, 5.41) is 3.50. The maximum Gasteiger partial charge on any atom is 0.291 e. The Morgan fingerprint density at radius 1 is 1.00 bits per heavy atom. The van der Waals surface area contributed by atoms with Crippen molar-refractivity contribution in [1.29, 1.82) is 0 Å². The number of piperidine rings is 1. The summed E-state index contributed by atoms with van der Waals surface area (Å²) in [6.45, 7) is 1.41. The Morgan fingerprint density at radius 3 is 2.43 bits per heavy atom. The fourth-order valence-electron chi connectivity index (χ4n) is 3.71. The Kier molecular flexibility index (Phi) is 5.77. The molecule has 154 valence electrons. The van der Waals surface area contributed by atoms with E-state index in [0.29, 0.717) is 42.4 Å². The zero-order valence-electron chi connectivity index (χ0n) is 16.3. The Hall–Kier alpha value is -3.25. The van der Waals surface area contributed by atoms with Crippen molar-refractivity contribution in [2.75, 3.05) is 23.3 Å². The lowest BCUT2D eigenvalue weighted by atomic mass is 9.96. The molecule has 4 rings (SSSR count). The van der Waals surface area contributed by atoms with Crippen LogP contribution in [0.1, 0.15) is 23.4 Å². The van der Waals surface area contributed by atoms with Crippen LogP contribution >= 0.6 is 11.6 Å². The van der Waals surface area contributed by atoms with Gasteiger partial charge in [-0.15, -0.1) is 0 Å². The van der Waals surface area contributed by atoms with Gasteiger partial charge in [-0.1, -0.05) is 35.9 Å². The van der Waals surface area contributed by atoms with Gasteiger partial charge in [0.25, 0.3) is 5.91 Å². The molecule has 2 aromatic carbocycles. The number of anilines is 2. The van der Waals surface area contributed by atoms with Crippen LogP contribution in [-0.2, 0) is 4.79 Å². The number of hydrogen-bond acceptors (Lipinski definition) is 4. The van der Waals surface area contributed by atoms with E-state index in [4.69, 9.17) is 21.8 Å². The number of furan rings is 1. The zero-order valence-corrected chi connectivity index (χ0v) is 17.1. The van der Waals surface area contributed by atoms with Crippen molar-refractivity contribution >= 4 is 34.8 Å². The molecule has 1 aromatic heterocycles. The van der Waals surface area contributed by atoms with Crippen LogP contribution in [0.3, 0.4) is 0 Å². The molecule has 0 atom stereocenters. The van der Waals surface area contributed by atoms with Gasteiger partial charge in [-0.05, 0) is 49.2 Å². The molecule has 2 amide bonds. The minimum Gasteiger partial charge on any atom is -0.451 e. The summed E-state index contributed by atoms with van der Waals surface area (Å²) in [6, 6.07) is 18.3. The average Bonchev–Trinajstić information content (AvgIpc) is 3.25. The molecule has 7 heteroatoms. The molecule has 0 aliphatic carbocycles. The van der Waals surface area contributed by atoms with Gasteiger partial charge in [0.2, 0.25) is 5.91 Å². The molecular formula is C23H22ClN3O3. The fraction of sp³-hybridized carbons (Fsp3) is 0.217. The summed E-state index contributed by atoms with van der Waals surface area (Å²) in [5.41, 5.74) is 7.76. The highest BCUT2D eigenvalue weighted by Gasteiger charge is 2.25. The van der Waals surface area contributed by atoms with E-state index < -0.39 is 0 Å². The van der Waals surface area contributed by atoms with E-state index in [-0.39, 0.29) is 23.5 Å². The molecule has 1 saturated heterocycles. The van der Waals surface area contributed by atoms with Crippen LogP contribution in [0.15, 0.2) is 65.1 Å². The number of para-hydroxylation sites is 2. The smallest absolute Gasteiger partial charge is 0.291 e. The summed E-state index contributed by atoms with van der Waals surface area (Å²) in [4.78, 5) is 26.4. The summed E-state index contributed by atoms with van der Waals surface area (Å²) in [6.07, 6.45) is 1.41. The van der Waals surface area contributed by atoms with E-state index in [1.165, 1.54) is 0 Å². The molecule has 0 bridgehead atoms. The Bertz CT molecular complexity index is 1070. The molecule has 1 fully saturated rings. The second-order valence-corrected chi connectivity index (χ2v) is 7.69. The van der Waals surface area contributed by atoms with Gasteiger partial charge in [-0.2, -0.15) is 0 Å². The number of amides is 2. The maximum atomic E-state index is 12.8. The number of benzene rings is 2. The lowest BCUT2D eigenvalue weighted by Gasteiger charge is -2.33. The van der Waals surface area contributed by atoms with E-state index in [9.17, 15) is 9.59 Å². The lowest BCUT2D eigenvalue weighted by molar-refractivity contribution is -0.122. The highest BCUT2D eigenvalue weighted by atomic mass is 35.5. The third-order valence-corrected chi connectivity index (χ3v) is 5.69. The second-order valence-electron chi connectivity index (χ2n) is 7.28. The highest BCUT2D eigenvalue weighted by Crippen LogP contribution is 2.32. The van der Waals surface area contributed by atoms with E-state index in [1.54, 1.807) is 18.2 Å². The fourth-order valence-corrected chi connectivity index (χ4v) is 3.94. The molecule has 3 N–H and O–H groups in total. The second kappa shape index (κ2) is 8.63. The minimum atomic E-state index is -0.340. The topological polar surface area (TPSA) is 88.6 Å². The van der Waals surface area contributed by atoms with Gasteiger partial charge in [0.15, 0.2) is 5.76 Å². The van der Waals surface area contributed by atoms with Crippen molar-refractivity contribution in [2.24, 2.45) is 11.7 Å². The molecule has 0 spiro atoms. The molecule has 0 radical (unpaired) electrons. The van der Waals surface area contributed by atoms with Crippen LogP contribution in [0.2, 0.25) is 5.02 Å². The number of nitrogens with zero attached hydrogens (tertiary/aromatic N) is 1. The zero-order chi connectivity index (χ0) is 21.1. The molecule has 3 aromatic rings. The number of nitrogens with two attached hydrogens (primary N) is 1. The Labute approximate surface area is 179 Å². The third-order valence-electron chi connectivity index (χ3n) is 5.36. The number of carbonyl (C=O) groups is 2. The van der Waals surface area contributed by atoms with Crippen LogP contribution in [0.25, 0.3) is 11.3 Å². The molecular weight excluding hydrogens is 402 g/mol. The summed E-state index contributed by atoms with van der Waals surface area (Å²) < 4.78 is 5.75. The van der Waals surface area contributed by atoms with Crippen molar-refractivity contribution in [3.63, 3.8) is 0 Å². The van der Waals surface area contributed by atoms with Gasteiger partial charge in [0.1, 0.15) is 5.76 Å². The first-order valence-corrected chi connectivity index (χ1v) is 10.2. The van der Waals surface area contributed by atoms with Crippen molar-refractivity contribution < 1.29 is 14.0 Å². The number of halogens is 1. The quantitative estimate of drug-likeness (QED) is 0.629. The predicted octanol–water partition coefficient (Wildman–Crippen LogP) is 4.55. The van der Waals surface area contributed by atoms with Crippen LogP contribution in [0.4, 0.5) is 11.4 Å². The van der Waals surface area contributed by atoms with Crippen molar-refractivity contribution in [3.8, 4) is 11.3 Å². The van der Waals surface area contributed by atoms with Crippen molar-refractivity contribution in [2.45, 2.75) is 12.8 Å². The standard InChI is InChI=1S/C23H22ClN3O3/c24-17-6-2-1-5-16(17)20-9-10-21(30-20)23(29)26-18-7-3-4-8-19(18)27-13-11-15(12-14-27)22(25)28/h1-10,15H,11-14H2,(H2,25,28)(H,26,29). The number of primary amides is 1. The largest absolute Gasteiger partial charge is 0.451 e. The summed E-state index contributed by atoms with van der Waals surface area (Å²) >= 11 is 6.22. The maximum absolute atomic E-state index is 12.8. The molecule has 0 unspecified atom stereocenters. The van der Waals surface area contributed by atoms with Gasteiger partial charge in [0, 0.05) is 24.6 Å². The number of carbonyl (C=O) groups excluding carboxylic acids is 2. The van der Waals surface area contributed by atoms with Gasteiger partial charge >= 0.3 is 0 Å². The van der Waals surface area contributed by atoms with Gasteiger partial charge < -0.3 is 20.4 Å². The molecule has 1 aliphatic heterocycles. The monoisotopic (exact) mass is 423 g/mol. The number of nitrogens with one attached hydrogen (secondary N) is 1. The number of rotatable bonds is 5. The number of hydrogen-bond donors (Lipinski definition) is 2. The molecule has 6 nitrogen and oxygen atoms in total. The molecule has 0 saturated carbocycles. The van der Waals surface area contributed by atoms with Crippen LogP contribution in [0.5, 0.6) is 0 Å². The SMILES string of the molecule is NC(=O)C1CCN(c2ccccc2NC(=O)c2ccc(-c3ccccc3Cl)o2)CC1. The Balaban J connectivity index is 1.50. The molecule has 2 heterocycles. The lowest BCUT2D eigenvalue weighted by Crippen LogP contribution is -2.38. The first kappa shape index (κ1) is 20.0. The van der Waals surface area contributed by atoms with E-state index in [1.807, 2.05) is 42.5 Å². The van der Waals surface area contributed by atoms with E-state index in [2.05, 4.69) is 10.2 Å². The first-order chi connectivity index (χ1) is 14.5. The average molecular weight is 424 g/mol. The van der Waals surface area contributed by atoms with E-state index in [0.717, 1.165) is 11.3 Å². The predicted molar refractivity (Wildman–Crippen MR) is 118 cm³/mol. The normalized spacial score (nSPS) is 14.5. The minimum absolute atomic E-state index is 0.0886. The molecule has 1 aliphatic rings.